The minimum Gasteiger partial charge on any atom is -0.208 e. The molecule has 2 aliphatic rings. The van der Waals surface area contributed by atoms with E-state index in [1.807, 2.05) is 30.0 Å². The Kier molecular flexibility index (Phi) is 7.05. The van der Waals surface area contributed by atoms with E-state index in [0.29, 0.717) is 17.5 Å². The van der Waals surface area contributed by atoms with Crippen LogP contribution in [0.3, 0.4) is 0 Å². The molecule has 4 heteroatoms. The topological polar surface area (TPSA) is 38.7 Å². The molecule has 8 aromatic carbocycles. The third kappa shape index (κ3) is 4.68. The molecule has 0 saturated carbocycles. The van der Waals surface area contributed by atoms with Crippen LogP contribution in [-0.2, 0) is 10.8 Å². The van der Waals surface area contributed by atoms with Gasteiger partial charge in [0, 0.05) is 31.9 Å². The molecule has 0 atom stereocenters. The highest BCUT2D eigenvalue weighted by atomic mass is 32.2. The molecule has 260 valence electrons. The smallest absolute Gasteiger partial charge is 0.165 e. The molecule has 1 aromatic heterocycles. The summed E-state index contributed by atoms with van der Waals surface area (Å²) in [5, 5.41) is 4.84. The molecule has 1 spiro atoms. The van der Waals surface area contributed by atoms with Gasteiger partial charge in [0.15, 0.2) is 17.5 Å². The largest absolute Gasteiger partial charge is 0.208 e. The van der Waals surface area contributed by atoms with Gasteiger partial charge in [-0.25, -0.2) is 15.0 Å². The van der Waals surface area contributed by atoms with Gasteiger partial charge in [0.1, 0.15) is 0 Å². The molecule has 0 amide bonds. The van der Waals surface area contributed by atoms with Gasteiger partial charge in [0.25, 0.3) is 0 Å². The molecule has 2 heterocycles. The summed E-state index contributed by atoms with van der Waals surface area (Å²) in [4.78, 5) is 18.2. The quantitative estimate of drug-likeness (QED) is 0.170. The second-order valence-electron chi connectivity index (χ2n) is 15.1. The highest BCUT2D eigenvalue weighted by molar-refractivity contribution is 7.99. The molecule has 0 unspecified atom stereocenters. The van der Waals surface area contributed by atoms with E-state index in [4.69, 9.17) is 15.0 Å². The van der Waals surface area contributed by atoms with E-state index in [1.165, 1.54) is 59.3 Å². The molecule has 3 nitrogen and oxygen atoms in total. The summed E-state index contributed by atoms with van der Waals surface area (Å²) in [6.07, 6.45) is 0. The predicted octanol–water partition coefficient (Wildman–Crippen LogP) is 12.7. The maximum atomic E-state index is 5.34. The van der Waals surface area contributed by atoms with Crippen molar-refractivity contribution in [1.82, 2.24) is 15.0 Å². The Morgan fingerprint density at radius 1 is 0.400 bits per heavy atom. The minimum absolute atomic E-state index is 0.171. The van der Waals surface area contributed by atoms with E-state index in [1.54, 1.807) is 0 Å². The van der Waals surface area contributed by atoms with Gasteiger partial charge in [-0.2, -0.15) is 0 Å². The number of aromatic nitrogens is 3. The molecule has 0 fully saturated rings. The van der Waals surface area contributed by atoms with Crippen molar-refractivity contribution in [2.45, 2.75) is 34.5 Å². The van der Waals surface area contributed by atoms with Crippen LogP contribution in [0, 0.1) is 0 Å². The Morgan fingerprint density at radius 2 is 0.964 bits per heavy atom. The van der Waals surface area contributed by atoms with Gasteiger partial charge in [-0.05, 0) is 67.1 Å². The first kappa shape index (κ1) is 32.1. The number of benzene rings is 8. The van der Waals surface area contributed by atoms with Crippen LogP contribution in [0.2, 0.25) is 0 Å². The second kappa shape index (κ2) is 12.1. The van der Waals surface area contributed by atoms with E-state index < -0.39 is 5.41 Å². The lowest BCUT2D eigenvalue weighted by molar-refractivity contribution is 0.549. The Hall–Kier alpha value is -6.36. The van der Waals surface area contributed by atoms with E-state index in [0.717, 1.165) is 22.1 Å². The summed E-state index contributed by atoms with van der Waals surface area (Å²) in [7, 11) is 0. The van der Waals surface area contributed by atoms with E-state index >= 15 is 0 Å². The first-order valence-electron chi connectivity index (χ1n) is 18.9. The second-order valence-corrected chi connectivity index (χ2v) is 16.2. The zero-order valence-corrected chi connectivity index (χ0v) is 31.3. The molecule has 0 saturated heterocycles. The number of nitrogens with zero attached hydrogens (tertiary/aromatic N) is 3. The van der Waals surface area contributed by atoms with Crippen molar-refractivity contribution in [3.8, 4) is 34.2 Å². The van der Waals surface area contributed by atoms with Gasteiger partial charge in [-0.15, -0.1) is 0 Å². The SMILES string of the molecule is CC1(C)c2ccccc2C2(c3ccccc3Sc3c(-c4nc(-c5ccccc5)nc(-c5ccc6c(ccc7ccccc76)c5)n4)cccc32)c2ccccc21. The van der Waals surface area contributed by atoms with E-state index in [-0.39, 0.29) is 5.41 Å². The van der Waals surface area contributed by atoms with Crippen LogP contribution < -0.4 is 0 Å². The zero-order chi connectivity index (χ0) is 36.7. The van der Waals surface area contributed by atoms with Crippen molar-refractivity contribution in [3.05, 3.63) is 209 Å². The molecule has 55 heavy (non-hydrogen) atoms. The van der Waals surface area contributed by atoms with Crippen LogP contribution in [0.5, 0.6) is 0 Å². The first-order valence-corrected chi connectivity index (χ1v) is 19.7. The average Bonchev–Trinajstić information content (AvgIpc) is 3.25. The predicted molar refractivity (Wildman–Crippen MR) is 226 cm³/mol. The molecule has 0 radical (unpaired) electrons. The van der Waals surface area contributed by atoms with Gasteiger partial charge >= 0.3 is 0 Å². The van der Waals surface area contributed by atoms with E-state index in [9.17, 15) is 0 Å². The Balaban J connectivity index is 1.18. The third-order valence-electron chi connectivity index (χ3n) is 11.8. The lowest BCUT2D eigenvalue weighted by atomic mass is 9.54. The number of hydrogen-bond acceptors (Lipinski definition) is 4. The average molecular weight is 722 g/mol. The fraction of sp³-hybridized carbons (Fsp3) is 0.0784. The molecule has 0 bridgehead atoms. The van der Waals surface area contributed by atoms with Crippen LogP contribution in [0.15, 0.2) is 186 Å². The van der Waals surface area contributed by atoms with Crippen LogP contribution >= 0.6 is 11.8 Å². The molecule has 0 N–H and O–H groups in total. The fourth-order valence-electron chi connectivity index (χ4n) is 9.31. The van der Waals surface area contributed by atoms with Crippen molar-refractivity contribution in [1.29, 1.82) is 0 Å². The highest BCUT2D eigenvalue weighted by Crippen LogP contribution is 2.62. The number of fused-ring (bicyclic) bond motifs is 11. The summed E-state index contributed by atoms with van der Waals surface area (Å²) in [6.45, 7) is 4.73. The Morgan fingerprint density at radius 3 is 1.73 bits per heavy atom. The summed E-state index contributed by atoms with van der Waals surface area (Å²) < 4.78 is 0. The lowest BCUT2D eigenvalue weighted by Gasteiger charge is -2.50. The molecular weight excluding hydrogens is 687 g/mol. The van der Waals surface area contributed by atoms with Gasteiger partial charge in [-0.1, -0.05) is 189 Å². The summed E-state index contributed by atoms with van der Waals surface area (Å²) in [5.74, 6) is 1.98. The fourth-order valence-corrected chi connectivity index (χ4v) is 10.6. The van der Waals surface area contributed by atoms with Crippen LogP contribution in [-0.4, -0.2) is 15.0 Å². The van der Waals surface area contributed by atoms with Crippen LogP contribution in [0.1, 0.15) is 47.2 Å². The van der Waals surface area contributed by atoms with Crippen molar-refractivity contribution in [2.75, 3.05) is 0 Å². The highest BCUT2D eigenvalue weighted by Gasteiger charge is 2.52. The monoisotopic (exact) mass is 721 g/mol. The summed E-state index contributed by atoms with van der Waals surface area (Å²) >= 11 is 1.83. The number of hydrogen-bond donors (Lipinski definition) is 0. The Labute approximate surface area is 324 Å². The zero-order valence-electron chi connectivity index (χ0n) is 30.5. The lowest BCUT2D eigenvalue weighted by Crippen LogP contribution is -2.43. The normalized spacial score (nSPS) is 14.6. The van der Waals surface area contributed by atoms with Gasteiger partial charge in [-0.3, -0.25) is 0 Å². The van der Waals surface area contributed by atoms with Crippen LogP contribution in [0.4, 0.5) is 0 Å². The minimum atomic E-state index is -0.533. The number of rotatable bonds is 3. The summed E-state index contributed by atoms with van der Waals surface area (Å²) in [5.41, 5.74) is 10.1. The maximum Gasteiger partial charge on any atom is 0.165 e. The van der Waals surface area contributed by atoms with Crippen molar-refractivity contribution in [3.63, 3.8) is 0 Å². The summed E-state index contributed by atoms with van der Waals surface area (Å²) in [6, 6.07) is 63.6. The standard InChI is InChI=1S/C51H35N3S/c1-50(2)39-20-8-10-22-41(39)51(42-23-11-9-21-40(42)50)43-24-12-13-26-45(43)55-46-38(19-14-25-44(46)51)49-53-47(33-16-4-3-5-17-33)52-48(54-49)35-29-30-37-34(31-35)28-27-32-15-6-7-18-36(32)37/h3-31H,1-2H3. The van der Waals surface area contributed by atoms with Gasteiger partial charge < -0.3 is 0 Å². The van der Waals surface area contributed by atoms with Gasteiger partial charge in [0.2, 0.25) is 0 Å². The van der Waals surface area contributed by atoms with Crippen molar-refractivity contribution < 1.29 is 0 Å². The third-order valence-corrected chi connectivity index (χ3v) is 13.1. The molecule has 9 aromatic rings. The Bertz CT molecular complexity index is 2950. The molecular formula is C51H35N3S. The first-order chi connectivity index (χ1) is 27.0. The van der Waals surface area contributed by atoms with Crippen molar-refractivity contribution in [2.24, 2.45) is 0 Å². The van der Waals surface area contributed by atoms with E-state index in [2.05, 4.69) is 172 Å². The van der Waals surface area contributed by atoms with Crippen LogP contribution in [0.25, 0.3) is 55.7 Å². The molecule has 1 aliphatic carbocycles. The van der Waals surface area contributed by atoms with Gasteiger partial charge in [0.05, 0.1) is 5.41 Å². The molecule has 11 rings (SSSR count). The molecule has 1 aliphatic heterocycles. The van der Waals surface area contributed by atoms with Crippen molar-refractivity contribution >= 4 is 33.3 Å². The maximum absolute atomic E-state index is 5.34.